The second-order valence-electron chi connectivity index (χ2n) is 6.99. The molecule has 1 saturated heterocycles. The second-order valence-corrected chi connectivity index (χ2v) is 10.6. The van der Waals surface area contributed by atoms with Gasteiger partial charge in [0.05, 0.1) is 12.5 Å². The first-order valence-corrected chi connectivity index (χ1v) is 12.0. The molecule has 0 aromatic carbocycles. The van der Waals surface area contributed by atoms with E-state index in [-0.39, 0.29) is 18.1 Å². The Kier molecular flexibility index (Phi) is 6.42. The quantitative estimate of drug-likeness (QED) is 0.809. The monoisotopic (exact) mass is 420 g/mol. The number of nitrogens with one attached hydrogen (secondary N) is 1. The minimum atomic E-state index is -3.17. The zero-order valence-electron chi connectivity index (χ0n) is 14.9. The Labute approximate surface area is 163 Å². The molecule has 0 unspecified atom stereocenters. The highest BCUT2D eigenvalue weighted by Crippen LogP contribution is 2.30. The average molecular weight is 421 g/mol. The van der Waals surface area contributed by atoms with Crippen LogP contribution in [0.3, 0.4) is 0 Å². The number of rotatable bonds is 4. The third-order valence-electron chi connectivity index (χ3n) is 5.18. The molecule has 0 radical (unpaired) electrons. The van der Waals surface area contributed by atoms with Gasteiger partial charge in [-0.2, -0.15) is 0 Å². The van der Waals surface area contributed by atoms with Crippen molar-refractivity contribution in [3.8, 4) is 0 Å². The lowest BCUT2D eigenvalue weighted by atomic mass is 9.91. The van der Waals surface area contributed by atoms with E-state index in [9.17, 15) is 13.2 Å². The van der Waals surface area contributed by atoms with E-state index in [0.29, 0.717) is 35.4 Å². The number of nitrogens with zero attached hydrogens (tertiary/aromatic N) is 3. The van der Waals surface area contributed by atoms with Crippen LogP contribution >= 0.6 is 22.9 Å². The van der Waals surface area contributed by atoms with E-state index in [1.165, 1.54) is 34.5 Å². The summed E-state index contributed by atoms with van der Waals surface area (Å²) in [5, 5.41) is 3.37. The maximum absolute atomic E-state index is 13.0. The molecule has 2 heterocycles. The molecule has 0 atom stereocenters. The largest absolute Gasteiger partial charge is 0.324 e. The first-order chi connectivity index (χ1) is 12.3. The molecule has 10 heteroatoms. The summed E-state index contributed by atoms with van der Waals surface area (Å²) in [6.45, 7) is 0.923. The molecule has 3 rings (SSSR count). The lowest BCUT2D eigenvalue weighted by Crippen LogP contribution is -2.54. The summed E-state index contributed by atoms with van der Waals surface area (Å²) >= 11 is 7.15. The SMILES string of the molecule is CS(=O)(=O)N1CCC(N(C(=O)Nc2ncc(Cl)s2)C2CCCCC2)CC1. The fourth-order valence-corrected chi connectivity index (χ4v) is 5.59. The van der Waals surface area contributed by atoms with Gasteiger partial charge in [-0.3, -0.25) is 5.32 Å². The number of hydrogen-bond donors (Lipinski definition) is 1. The maximum Gasteiger partial charge on any atom is 0.324 e. The highest BCUT2D eigenvalue weighted by atomic mass is 35.5. The summed E-state index contributed by atoms with van der Waals surface area (Å²) in [5.41, 5.74) is 0. The number of piperidine rings is 1. The van der Waals surface area contributed by atoms with Crippen molar-refractivity contribution in [2.45, 2.75) is 57.0 Å². The molecule has 1 aliphatic heterocycles. The van der Waals surface area contributed by atoms with Gasteiger partial charge in [-0.1, -0.05) is 42.2 Å². The molecule has 1 aromatic heterocycles. The summed E-state index contributed by atoms with van der Waals surface area (Å²) in [5.74, 6) is 0. The van der Waals surface area contributed by atoms with E-state index in [4.69, 9.17) is 11.6 Å². The van der Waals surface area contributed by atoms with Gasteiger partial charge in [0.15, 0.2) is 5.13 Å². The smallest absolute Gasteiger partial charge is 0.318 e. The van der Waals surface area contributed by atoms with Crippen LogP contribution in [0.5, 0.6) is 0 Å². The van der Waals surface area contributed by atoms with Gasteiger partial charge in [-0.25, -0.2) is 22.5 Å². The molecule has 7 nitrogen and oxygen atoms in total. The molecule has 26 heavy (non-hydrogen) atoms. The number of sulfonamides is 1. The number of hydrogen-bond acceptors (Lipinski definition) is 5. The summed E-state index contributed by atoms with van der Waals surface area (Å²) in [4.78, 5) is 19.1. The van der Waals surface area contributed by atoms with Crippen molar-refractivity contribution in [3.05, 3.63) is 10.5 Å². The van der Waals surface area contributed by atoms with Crippen molar-refractivity contribution in [1.29, 1.82) is 0 Å². The number of halogens is 1. The first kappa shape index (κ1) is 19.9. The zero-order chi connectivity index (χ0) is 18.7. The number of amides is 2. The Morgan fingerprint density at radius 3 is 2.38 bits per heavy atom. The predicted molar refractivity (Wildman–Crippen MR) is 104 cm³/mol. The maximum atomic E-state index is 13.0. The lowest BCUT2D eigenvalue weighted by Gasteiger charge is -2.43. The van der Waals surface area contributed by atoms with Crippen LogP contribution in [0.2, 0.25) is 4.34 Å². The minimum absolute atomic E-state index is 0.0477. The summed E-state index contributed by atoms with van der Waals surface area (Å²) in [6.07, 6.45) is 9.55. The van der Waals surface area contributed by atoms with E-state index in [1.807, 2.05) is 4.90 Å². The lowest BCUT2D eigenvalue weighted by molar-refractivity contribution is 0.106. The molecule has 0 bridgehead atoms. The molecular formula is C16H25ClN4O3S2. The number of urea groups is 1. The van der Waals surface area contributed by atoms with Crippen molar-refractivity contribution in [3.63, 3.8) is 0 Å². The van der Waals surface area contributed by atoms with Gasteiger partial charge in [-0.15, -0.1) is 0 Å². The molecule has 2 aliphatic rings. The van der Waals surface area contributed by atoms with Gasteiger partial charge in [0.25, 0.3) is 0 Å². The zero-order valence-corrected chi connectivity index (χ0v) is 17.2. The third-order valence-corrected chi connectivity index (χ3v) is 7.51. The molecule has 2 amide bonds. The van der Waals surface area contributed by atoms with Gasteiger partial charge in [0.2, 0.25) is 10.0 Å². The van der Waals surface area contributed by atoms with Crippen LogP contribution in [0.25, 0.3) is 0 Å². The van der Waals surface area contributed by atoms with Gasteiger partial charge in [-0.05, 0) is 25.7 Å². The van der Waals surface area contributed by atoms with E-state index in [0.717, 1.165) is 25.7 Å². The highest BCUT2D eigenvalue weighted by molar-refractivity contribution is 7.88. The molecule has 1 saturated carbocycles. The van der Waals surface area contributed by atoms with Crippen LogP contribution in [0.15, 0.2) is 6.20 Å². The second kappa shape index (κ2) is 8.41. The topological polar surface area (TPSA) is 82.6 Å². The van der Waals surface area contributed by atoms with Crippen LogP contribution < -0.4 is 5.32 Å². The molecule has 1 aliphatic carbocycles. The molecule has 0 spiro atoms. The van der Waals surface area contributed by atoms with Crippen molar-refractivity contribution in [1.82, 2.24) is 14.2 Å². The van der Waals surface area contributed by atoms with Gasteiger partial charge < -0.3 is 4.90 Å². The Morgan fingerprint density at radius 1 is 1.23 bits per heavy atom. The first-order valence-electron chi connectivity index (χ1n) is 9.00. The van der Waals surface area contributed by atoms with E-state index < -0.39 is 10.0 Å². The van der Waals surface area contributed by atoms with Crippen LogP contribution in [0, 0.1) is 0 Å². The van der Waals surface area contributed by atoms with Crippen molar-refractivity contribution in [2.24, 2.45) is 0 Å². The summed E-state index contributed by atoms with van der Waals surface area (Å²) in [7, 11) is -3.17. The number of thiazole rings is 1. The fraction of sp³-hybridized carbons (Fsp3) is 0.750. The normalized spacial score (nSPS) is 20.8. The Hall–Kier alpha value is -0.900. The van der Waals surface area contributed by atoms with Gasteiger partial charge >= 0.3 is 6.03 Å². The third kappa shape index (κ3) is 4.88. The number of anilines is 1. The summed E-state index contributed by atoms with van der Waals surface area (Å²) < 4.78 is 25.5. The molecule has 2 fully saturated rings. The van der Waals surface area contributed by atoms with Crippen molar-refractivity contribution in [2.75, 3.05) is 24.7 Å². The van der Waals surface area contributed by atoms with Crippen LogP contribution in [-0.4, -0.2) is 60.1 Å². The van der Waals surface area contributed by atoms with Crippen LogP contribution in [0.1, 0.15) is 44.9 Å². The highest BCUT2D eigenvalue weighted by Gasteiger charge is 2.35. The van der Waals surface area contributed by atoms with Gasteiger partial charge in [0.1, 0.15) is 4.34 Å². The minimum Gasteiger partial charge on any atom is -0.318 e. The van der Waals surface area contributed by atoms with Crippen LogP contribution in [0.4, 0.5) is 9.93 Å². The molecule has 1 N–H and O–H groups in total. The van der Waals surface area contributed by atoms with E-state index in [2.05, 4.69) is 10.3 Å². The molecule has 146 valence electrons. The van der Waals surface area contributed by atoms with Crippen molar-refractivity contribution >= 4 is 44.1 Å². The summed E-state index contributed by atoms with van der Waals surface area (Å²) in [6, 6.07) is 0.0984. The number of aromatic nitrogens is 1. The van der Waals surface area contributed by atoms with Crippen molar-refractivity contribution < 1.29 is 13.2 Å². The fourth-order valence-electron chi connectivity index (χ4n) is 3.91. The average Bonchev–Trinajstić information content (AvgIpc) is 3.00. The predicted octanol–water partition coefficient (Wildman–Crippen LogP) is 3.39. The number of carbonyl (C=O) groups excluding carboxylic acids is 1. The Morgan fingerprint density at radius 2 is 1.85 bits per heavy atom. The molecular weight excluding hydrogens is 396 g/mol. The van der Waals surface area contributed by atoms with Crippen LogP contribution in [-0.2, 0) is 10.0 Å². The Bertz CT molecular complexity index is 726. The molecule has 1 aromatic rings. The van der Waals surface area contributed by atoms with E-state index in [1.54, 1.807) is 0 Å². The Balaban J connectivity index is 1.72. The standard InChI is InChI=1S/C16H25ClN4O3S2/c1-26(23,24)20-9-7-13(8-10-20)21(12-5-3-2-4-6-12)16(22)19-15-18-11-14(17)25-15/h11-13H,2-10H2,1H3,(H,18,19,22). The van der Waals surface area contributed by atoms with E-state index >= 15 is 0 Å². The number of carbonyl (C=O) groups is 1. The van der Waals surface area contributed by atoms with Gasteiger partial charge in [0, 0.05) is 25.2 Å².